The Kier molecular flexibility index (Phi) is 9.21. The number of carbonyl (C=O) groups excluding carboxylic acids is 1. The van der Waals surface area contributed by atoms with Crippen molar-refractivity contribution in [1.82, 2.24) is 15.4 Å². The Hall–Kier alpha value is -2.32. The summed E-state index contributed by atoms with van der Waals surface area (Å²) < 4.78 is 12.0. The van der Waals surface area contributed by atoms with Crippen LogP contribution in [-0.4, -0.2) is 41.1 Å². The maximum Gasteiger partial charge on any atom is 0.250 e. The molecular formula is C20H21IN4O3S. The lowest BCUT2D eigenvalue weighted by Crippen LogP contribution is -2.19. The predicted octanol–water partition coefficient (Wildman–Crippen LogP) is 3.35. The van der Waals surface area contributed by atoms with E-state index in [2.05, 4.69) is 49.0 Å². The van der Waals surface area contributed by atoms with E-state index in [1.165, 1.54) is 11.8 Å². The van der Waals surface area contributed by atoms with Crippen LogP contribution in [0.4, 0.5) is 0 Å². The minimum atomic E-state index is -0.247. The number of benzene rings is 1. The largest absolute Gasteiger partial charge is 0.490 e. The van der Waals surface area contributed by atoms with E-state index in [4.69, 9.17) is 15.9 Å². The molecule has 1 aromatic carbocycles. The Morgan fingerprint density at radius 1 is 1.31 bits per heavy atom. The zero-order chi connectivity index (χ0) is 21.2. The van der Waals surface area contributed by atoms with E-state index in [0.29, 0.717) is 23.3 Å². The topological polar surface area (TPSA) is 85.7 Å². The molecule has 0 fully saturated rings. The molecule has 1 aromatic heterocycles. The highest BCUT2D eigenvalue weighted by atomic mass is 127. The van der Waals surface area contributed by atoms with Gasteiger partial charge in [0, 0.05) is 11.4 Å². The van der Waals surface area contributed by atoms with Gasteiger partial charge in [0.1, 0.15) is 6.61 Å². The lowest BCUT2D eigenvalue weighted by molar-refractivity contribution is -0.118. The number of rotatable bonds is 9. The number of thioether (sulfide) groups is 1. The molecule has 0 aliphatic carbocycles. The Bertz CT molecular complexity index is 924. The normalized spacial score (nSPS) is 10.6. The molecule has 152 valence electrons. The summed E-state index contributed by atoms with van der Waals surface area (Å²) in [4.78, 5) is 20.6. The van der Waals surface area contributed by atoms with Gasteiger partial charge in [-0.15, -0.1) is 6.42 Å². The molecule has 0 aliphatic rings. The van der Waals surface area contributed by atoms with Gasteiger partial charge in [0.15, 0.2) is 16.7 Å². The maximum atomic E-state index is 12.0. The van der Waals surface area contributed by atoms with Crippen molar-refractivity contribution in [2.24, 2.45) is 5.10 Å². The third-order valence-corrected chi connectivity index (χ3v) is 4.98. The van der Waals surface area contributed by atoms with Crippen LogP contribution < -0.4 is 14.9 Å². The first-order valence-electron chi connectivity index (χ1n) is 8.72. The van der Waals surface area contributed by atoms with Crippen LogP contribution >= 0.6 is 34.4 Å². The number of aromatic nitrogens is 2. The van der Waals surface area contributed by atoms with Crippen LogP contribution in [0, 0.1) is 29.8 Å². The lowest BCUT2D eigenvalue weighted by Gasteiger charge is -2.13. The van der Waals surface area contributed by atoms with Gasteiger partial charge in [-0.3, -0.25) is 4.79 Å². The number of aryl methyl sites for hydroxylation is 2. The van der Waals surface area contributed by atoms with Gasteiger partial charge in [0.05, 0.1) is 22.1 Å². The summed E-state index contributed by atoms with van der Waals surface area (Å²) in [6.07, 6.45) is 6.81. The van der Waals surface area contributed by atoms with Gasteiger partial charge in [0.2, 0.25) is 0 Å². The first-order valence-corrected chi connectivity index (χ1v) is 10.8. The quantitative estimate of drug-likeness (QED) is 0.135. The van der Waals surface area contributed by atoms with Gasteiger partial charge in [-0.1, -0.05) is 17.7 Å². The molecule has 2 aromatic rings. The second-order valence-corrected chi connectivity index (χ2v) is 7.88. The molecule has 9 heteroatoms. The van der Waals surface area contributed by atoms with Gasteiger partial charge < -0.3 is 9.47 Å². The van der Waals surface area contributed by atoms with E-state index in [1.807, 2.05) is 32.9 Å². The Morgan fingerprint density at radius 3 is 2.69 bits per heavy atom. The highest BCUT2D eigenvalue weighted by molar-refractivity contribution is 14.1. The molecule has 1 amide bonds. The van der Waals surface area contributed by atoms with Crippen molar-refractivity contribution < 1.29 is 14.3 Å². The first-order chi connectivity index (χ1) is 13.9. The Balaban J connectivity index is 1.98. The van der Waals surface area contributed by atoms with Crippen LogP contribution in [0.25, 0.3) is 0 Å². The van der Waals surface area contributed by atoms with Crippen LogP contribution in [0.5, 0.6) is 11.5 Å². The molecule has 0 radical (unpaired) electrons. The molecule has 1 N–H and O–H groups in total. The van der Waals surface area contributed by atoms with Crippen molar-refractivity contribution >= 4 is 46.5 Å². The van der Waals surface area contributed by atoms with E-state index in [0.717, 1.165) is 20.5 Å². The average molecular weight is 524 g/mol. The molecule has 0 bridgehead atoms. The van der Waals surface area contributed by atoms with Gasteiger partial charge in [-0.25, -0.2) is 15.4 Å². The molecule has 0 aliphatic heterocycles. The fraction of sp³-hybridized carbons (Fsp3) is 0.300. The number of amides is 1. The summed E-state index contributed by atoms with van der Waals surface area (Å²) in [5, 5.41) is 4.58. The summed E-state index contributed by atoms with van der Waals surface area (Å²) in [5.41, 5.74) is 5.00. The fourth-order valence-corrected chi connectivity index (χ4v) is 3.80. The van der Waals surface area contributed by atoms with Crippen molar-refractivity contribution in [3.63, 3.8) is 0 Å². The van der Waals surface area contributed by atoms with E-state index in [1.54, 1.807) is 12.3 Å². The van der Waals surface area contributed by atoms with E-state index in [-0.39, 0.29) is 18.3 Å². The van der Waals surface area contributed by atoms with Gasteiger partial charge in [0.25, 0.3) is 5.91 Å². The fourth-order valence-electron chi connectivity index (χ4n) is 2.28. The monoisotopic (exact) mass is 524 g/mol. The number of hydrazone groups is 1. The van der Waals surface area contributed by atoms with Crippen LogP contribution in [-0.2, 0) is 4.79 Å². The number of hydrogen-bond acceptors (Lipinski definition) is 7. The van der Waals surface area contributed by atoms with Crippen molar-refractivity contribution in [2.45, 2.75) is 25.9 Å². The number of ether oxygens (including phenoxy) is 2. The molecule has 1 heterocycles. The summed E-state index contributed by atoms with van der Waals surface area (Å²) in [6, 6.07) is 5.53. The molecule has 29 heavy (non-hydrogen) atoms. The minimum absolute atomic E-state index is 0.154. The molecule has 0 saturated carbocycles. The number of carbonyl (C=O) groups is 1. The lowest BCUT2D eigenvalue weighted by atomic mass is 10.2. The second-order valence-electron chi connectivity index (χ2n) is 5.77. The number of hydrogen-bond donors (Lipinski definition) is 1. The number of nitrogens with one attached hydrogen (secondary N) is 1. The Labute approximate surface area is 188 Å². The summed E-state index contributed by atoms with van der Waals surface area (Å²) in [7, 11) is 0. The van der Waals surface area contributed by atoms with Gasteiger partial charge in [-0.2, -0.15) is 5.10 Å². The zero-order valence-electron chi connectivity index (χ0n) is 16.4. The van der Waals surface area contributed by atoms with Crippen molar-refractivity contribution in [3.8, 4) is 23.8 Å². The third kappa shape index (κ3) is 7.55. The predicted molar refractivity (Wildman–Crippen MR) is 123 cm³/mol. The average Bonchev–Trinajstić information content (AvgIpc) is 2.65. The van der Waals surface area contributed by atoms with Crippen molar-refractivity contribution in [2.75, 3.05) is 19.0 Å². The van der Waals surface area contributed by atoms with Crippen LogP contribution in [0.2, 0.25) is 0 Å². The Morgan fingerprint density at radius 2 is 2.03 bits per heavy atom. The van der Waals surface area contributed by atoms with E-state index in [9.17, 15) is 4.79 Å². The van der Waals surface area contributed by atoms with Gasteiger partial charge in [-0.05, 0) is 67.1 Å². The highest BCUT2D eigenvalue weighted by Gasteiger charge is 2.11. The minimum Gasteiger partial charge on any atom is -0.490 e. The van der Waals surface area contributed by atoms with Gasteiger partial charge >= 0.3 is 0 Å². The third-order valence-electron chi connectivity index (χ3n) is 3.33. The standard InChI is InChI=1S/C20H21IN4O3S/c1-5-7-28-19-16(21)9-15(10-17(19)27-6-2)11-22-25-18(26)12-29-20-23-13(3)8-14(4)24-20/h1,8-11H,6-7,12H2,2-4H3,(H,25,26)/b22-11-. The summed E-state index contributed by atoms with van der Waals surface area (Å²) in [6.45, 7) is 6.31. The van der Waals surface area contributed by atoms with Crippen LogP contribution in [0.1, 0.15) is 23.9 Å². The highest BCUT2D eigenvalue weighted by Crippen LogP contribution is 2.33. The molecule has 0 unspecified atom stereocenters. The van der Waals surface area contributed by atoms with E-state index >= 15 is 0 Å². The SMILES string of the molecule is C#CCOc1c(I)cc(/C=N\NC(=O)CSc2nc(C)cc(C)n2)cc1OCC. The molecule has 0 spiro atoms. The van der Waals surface area contributed by atoms with Crippen LogP contribution in [0.3, 0.4) is 0 Å². The number of nitrogens with zero attached hydrogens (tertiary/aromatic N) is 3. The summed E-state index contributed by atoms with van der Waals surface area (Å²) in [5.74, 6) is 3.53. The molecular weight excluding hydrogens is 503 g/mol. The second kappa shape index (κ2) is 11.6. The molecule has 7 nitrogen and oxygen atoms in total. The molecule has 0 saturated heterocycles. The zero-order valence-corrected chi connectivity index (χ0v) is 19.3. The van der Waals surface area contributed by atoms with Crippen molar-refractivity contribution in [1.29, 1.82) is 0 Å². The first kappa shape index (κ1) is 23.0. The van der Waals surface area contributed by atoms with Crippen LogP contribution in [0.15, 0.2) is 28.5 Å². The number of terminal acetylenes is 1. The number of halogens is 1. The maximum absolute atomic E-state index is 12.0. The molecule has 2 rings (SSSR count). The van der Waals surface area contributed by atoms with Crippen molar-refractivity contribution in [3.05, 3.63) is 38.7 Å². The summed E-state index contributed by atoms with van der Waals surface area (Å²) >= 11 is 3.40. The smallest absolute Gasteiger partial charge is 0.250 e. The molecule has 0 atom stereocenters. The van der Waals surface area contributed by atoms with E-state index < -0.39 is 0 Å².